The van der Waals surface area contributed by atoms with Crippen molar-refractivity contribution in [3.05, 3.63) is 29.8 Å². The number of hydrogen-bond donors (Lipinski definition) is 1. The summed E-state index contributed by atoms with van der Waals surface area (Å²) in [6, 6.07) is 8.37. The maximum Gasteiger partial charge on any atom is 0.251 e. The Bertz CT molecular complexity index is 610. The summed E-state index contributed by atoms with van der Waals surface area (Å²) in [6.07, 6.45) is 2.51. The zero-order chi connectivity index (χ0) is 17.4. The molecule has 4 rings (SSSR count). The standard InChI is InChI=1S/C20H29N3O2/c1-3-16-18(17-8-13-25-19(16)17)21-20(24)14-4-6-15(7-5-14)23-11-9-22(2)10-12-23/h4-7,16-19H,3,8-13H2,1-2H3,(H,21,24)/t16-,17+,18-,19-/m1/s1. The van der Waals surface area contributed by atoms with Gasteiger partial charge in [0.25, 0.3) is 5.91 Å². The Kier molecular flexibility index (Phi) is 4.69. The number of nitrogens with zero attached hydrogens (tertiary/aromatic N) is 2. The third-order valence-electron chi connectivity index (χ3n) is 6.30. The number of benzene rings is 1. The van der Waals surface area contributed by atoms with Crippen LogP contribution in [-0.2, 0) is 4.74 Å². The van der Waals surface area contributed by atoms with Gasteiger partial charge >= 0.3 is 0 Å². The lowest BCUT2D eigenvalue weighted by atomic mass is 9.65. The lowest BCUT2D eigenvalue weighted by Crippen LogP contribution is -2.61. The second-order valence-corrected chi connectivity index (χ2v) is 7.70. The summed E-state index contributed by atoms with van der Waals surface area (Å²) >= 11 is 0. The first-order valence-electron chi connectivity index (χ1n) is 9.63. The molecule has 1 saturated carbocycles. The smallest absolute Gasteiger partial charge is 0.251 e. The van der Waals surface area contributed by atoms with E-state index < -0.39 is 0 Å². The van der Waals surface area contributed by atoms with E-state index >= 15 is 0 Å². The fraction of sp³-hybridized carbons (Fsp3) is 0.650. The summed E-state index contributed by atoms with van der Waals surface area (Å²) in [5.74, 6) is 1.04. The molecule has 2 saturated heterocycles. The minimum Gasteiger partial charge on any atom is -0.377 e. The van der Waals surface area contributed by atoms with E-state index in [1.807, 2.05) is 12.1 Å². The van der Waals surface area contributed by atoms with E-state index in [-0.39, 0.29) is 11.9 Å². The molecule has 2 aliphatic heterocycles. The van der Waals surface area contributed by atoms with E-state index in [4.69, 9.17) is 4.74 Å². The number of likely N-dealkylation sites (N-methyl/N-ethyl adjacent to an activating group) is 1. The number of ether oxygens (including phenoxy) is 1. The van der Waals surface area contributed by atoms with Crippen molar-refractivity contribution in [1.82, 2.24) is 10.2 Å². The zero-order valence-electron chi connectivity index (χ0n) is 15.3. The fourth-order valence-electron chi connectivity index (χ4n) is 4.65. The average molecular weight is 343 g/mol. The van der Waals surface area contributed by atoms with Crippen LogP contribution in [0.3, 0.4) is 0 Å². The average Bonchev–Trinajstić information content (AvgIpc) is 3.05. The van der Waals surface area contributed by atoms with Gasteiger partial charge in [0.05, 0.1) is 6.10 Å². The van der Waals surface area contributed by atoms with E-state index in [1.54, 1.807) is 0 Å². The quantitative estimate of drug-likeness (QED) is 0.908. The predicted octanol–water partition coefficient (Wildman–Crippen LogP) is 1.98. The van der Waals surface area contributed by atoms with E-state index in [1.165, 1.54) is 5.69 Å². The Hall–Kier alpha value is -1.59. The van der Waals surface area contributed by atoms with Gasteiger partial charge in [-0.05, 0) is 44.2 Å². The molecule has 1 amide bonds. The molecule has 25 heavy (non-hydrogen) atoms. The Morgan fingerprint density at radius 1 is 1.20 bits per heavy atom. The summed E-state index contributed by atoms with van der Waals surface area (Å²) in [4.78, 5) is 17.4. The molecule has 136 valence electrons. The Balaban J connectivity index is 1.37. The van der Waals surface area contributed by atoms with Gasteiger partial charge in [0.2, 0.25) is 0 Å². The molecule has 1 N–H and O–H groups in total. The topological polar surface area (TPSA) is 44.8 Å². The van der Waals surface area contributed by atoms with E-state index in [9.17, 15) is 4.79 Å². The van der Waals surface area contributed by atoms with Crippen molar-refractivity contribution in [2.75, 3.05) is 44.7 Å². The van der Waals surface area contributed by atoms with Crippen LogP contribution >= 0.6 is 0 Å². The fourth-order valence-corrected chi connectivity index (χ4v) is 4.65. The second kappa shape index (κ2) is 6.96. The minimum atomic E-state index is 0.0544. The highest BCUT2D eigenvalue weighted by Gasteiger charge is 2.53. The molecule has 5 heteroatoms. The number of carbonyl (C=O) groups excluding carboxylic acids is 1. The first-order chi connectivity index (χ1) is 12.2. The Labute approximate surface area is 150 Å². The molecule has 0 unspecified atom stereocenters. The molecule has 0 radical (unpaired) electrons. The van der Waals surface area contributed by atoms with Crippen LogP contribution in [0.15, 0.2) is 24.3 Å². The summed E-state index contributed by atoms with van der Waals surface area (Å²) in [5, 5.41) is 3.27. The summed E-state index contributed by atoms with van der Waals surface area (Å²) in [5.41, 5.74) is 1.97. The van der Waals surface area contributed by atoms with Gasteiger partial charge in [0.1, 0.15) is 0 Å². The van der Waals surface area contributed by atoms with Gasteiger partial charge in [0.15, 0.2) is 0 Å². The SMILES string of the molecule is CC[C@@H]1[C@@H](NC(=O)c2ccc(N3CCN(C)CC3)cc2)[C@@H]2CCO[C@H]12. The number of anilines is 1. The number of carbonyl (C=O) groups is 1. The lowest BCUT2D eigenvalue weighted by molar-refractivity contribution is -0.0545. The van der Waals surface area contributed by atoms with Crippen LogP contribution in [0.2, 0.25) is 0 Å². The largest absolute Gasteiger partial charge is 0.377 e. The van der Waals surface area contributed by atoms with E-state index in [0.717, 1.165) is 51.2 Å². The van der Waals surface area contributed by atoms with Crippen molar-refractivity contribution in [2.45, 2.75) is 31.9 Å². The molecule has 3 fully saturated rings. The number of nitrogens with one attached hydrogen (secondary N) is 1. The van der Waals surface area contributed by atoms with Crippen molar-refractivity contribution < 1.29 is 9.53 Å². The van der Waals surface area contributed by atoms with Crippen molar-refractivity contribution >= 4 is 11.6 Å². The molecule has 0 bridgehead atoms. The predicted molar refractivity (Wildman–Crippen MR) is 99.0 cm³/mol. The number of amides is 1. The highest BCUT2D eigenvalue weighted by molar-refractivity contribution is 5.94. The number of rotatable bonds is 4. The van der Waals surface area contributed by atoms with Crippen LogP contribution in [0, 0.1) is 11.8 Å². The van der Waals surface area contributed by atoms with Crippen molar-refractivity contribution in [3.8, 4) is 0 Å². The van der Waals surface area contributed by atoms with Crippen molar-refractivity contribution in [2.24, 2.45) is 11.8 Å². The van der Waals surface area contributed by atoms with Crippen LogP contribution < -0.4 is 10.2 Å². The molecule has 3 aliphatic rings. The van der Waals surface area contributed by atoms with E-state index in [2.05, 4.69) is 41.2 Å². The molecule has 1 aromatic carbocycles. The van der Waals surface area contributed by atoms with Gasteiger partial charge in [-0.1, -0.05) is 6.92 Å². The molecule has 0 spiro atoms. The van der Waals surface area contributed by atoms with Gasteiger partial charge in [-0.3, -0.25) is 4.79 Å². The summed E-state index contributed by atoms with van der Waals surface area (Å²) in [6.45, 7) is 7.31. The summed E-state index contributed by atoms with van der Waals surface area (Å²) in [7, 11) is 2.16. The number of fused-ring (bicyclic) bond motifs is 1. The normalized spacial score (nSPS) is 32.2. The highest BCUT2D eigenvalue weighted by atomic mass is 16.5. The maximum absolute atomic E-state index is 12.7. The van der Waals surface area contributed by atoms with E-state index in [0.29, 0.717) is 17.9 Å². The lowest BCUT2D eigenvalue weighted by Gasteiger charge is -2.47. The van der Waals surface area contributed by atoms with Crippen LogP contribution in [0.4, 0.5) is 5.69 Å². The zero-order valence-corrected chi connectivity index (χ0v) is 15.3. The van der Waals surface area contributed by atoms with Crippen LogP contribution in [0.5, 0.6) is 0 Å². The van der Waals surface area contributed by atoms with Gasteiger partial charge in [-0.2, -0.15) is 0 Å². The van der Waals surface area contributed by atoms with Gasteiger partial charge in [-0.15, -0.1) is 0 Å². The van der Waals surface area contributed by atoms with Crippen LogP contribution in [0.1, 0.15) is 30.1 Å². The molecule has 4 atom stereocenters. The van der Waals surface area contributed by atoms with Crippen LogP contribution in [0.25, 0.3) is 0 Å². The first kappa shape index (κ1) is 16.9. The molecule has 1 aliphatic carbocycles. The first-order valence-corrected chi connectivity index (χ1v) is 9.63. The molecular weight excluding hydrogens is 314 g/mol. The Morgan fingerprint density at radius 3 is 2.60 bits per heavy atom. The van der Waals surface area contributed by atoms with Gasteiger partial charge in [-0.25, -0.2) is 0 Å². The van der Waals surface area contributed by atoms with Crippen molar-refractivity contribution in [3.63, 3.8) is 0 Å². The Morgan fingerprint density at radius 2 is 1.92 bits per heavy atom. The molecule has 1 aromatic rings. The number of hydrogen-bond acceptors (Lipinski definition) is 4. The highest BCUT2D eigenvalue weighted by Crippen LogP contribution is 2.45. The molecule has 0 aromatic heterocycles. The molecule has 5 nitrogen and oxygen atoms in total. The third kappa shape index (κ3) is 3.15. The van der Waals surface area contributed by atoms with Gasteiger partial charge < -0.3 is 19.9 Å². The van der Waals surface area contributed by atoms with Crippen LogP contribution in [-0.4, -0.2) is 62.8 Å². The maximum atomic E-state index is 12.7. The van der Waals surface area contributed by atoms with Crippen molar-refractivity contribution in [1.29, 1.82) is 0 Å². The summed E-state index contributed by atoms with van der Waals surface area (Å²) < 4.78 is 5.80. The molecule has 2 heterocycles. The number of piperazine rings is 1. The van der Waals surface area contributed by atoms with Gasteiger partial charge in [0, 0.05) is 61.9 Å². The monoisotopic (exact) mass is 343 g/mol. The second-order valence-electron chi connectivity index (χ2n) is 7.70. The molecular formula is C20H29N3O2. The minimum absolute atomic E-state index is 0.0544. The third-order valence-corrected chi connectivity index (χ3v) is 6.30.